The minimum atomic E-state index is -0.600. The molecule has 1 amide bonds. The molecule has 0 atom stereocenters. The maximum atomic E-state index is 12.7. The van der Waals surface area contributed by atoms with Crippen molar-refractivity contribution in [1.82, 2.24) is 0 Å². The summed E-state index contributed by atoms with van der Waals surface area (Å²) in [5.74, 6) is 0.479. The van der Waals surface area contributed by atoms with Crippen LogP contribution in [-0.4, -0.2) is 31.4 Å². The first-order valence-electron chi connectivity index (χ1n) is 9.82. The van der Waals surface area contributed by atoms with Gasteiger partial charge < -0.3 is 23.9 Å². The van der Waals surface area contributed by atoms with Gasteiger partial charge in [-0.15, -0.1) is 11.3 Å². The fourth-order valence-electron chi connectivity index (χ4n) is 2.96. The number of anilines is 1. The Morgan fingerprint density at radius 1 is 1.06 bits per heavy atom. The Hall–Kier alpha value is -3.59. The van der Waals surface area contributed by atoms with Crippen LogP contribution < -0.4 is 14.8 Å². The quantitative estimate of drug-likeness (QED) is 0.361. The third kappa shape index (κ3) is 5.17. The Bertz CT molecular complexity index is 1130. The second-order valence-electron chi connectivity index (χ2n) is 6.72. The summed E-state index contributed by atoms with van der Waals surface area (Å²) in [6, 6.07) is 10.2. The van der Waals surface area contributed by atoms with E-state index in [0.29, 0.717) is 27.7 Å². The number of hydrogen-bond acceptors (Lipinski definition) is 8. The van der Waals surface area contributed by atoms with Gasteiger partial charge in [0, 0.05) is 0 Å². The van der Waals surface area contributed by atoms with Crippen molar-refractivity contribution in [2.75, 3.05) is 19.0 Å². The number of esters is 1. The van der Waals surface area contributed by atoms with Crippen molar-refractivity contribution in [3.63, 3.8) is 0 Å². The number of benzene rings is 1. The molecule has 2 aromatic heterocycles. The standard InChI is InChI=1S/C23H23NO7S/c1-5-29-23(27)19-13(2)20(14(3)25)32-22(19)24-21(26)18-11-10-17(31-18)12-30-16-8-6-15(28-4)7-9-16/h6-11H,5,12H2,1-4H3,(H,24,26). The molecule has 8 nitrogen and oxygen atoms in total. The van der Waals surface area contributed by atoms with Gasteiger partial charge in [-0.1, -0.05) is 0 Å². The van der Waals surface area contributed by atoms with Gasteiger partial charge in [-0.25, -0.2) is 4.79 Å². The van der Waals surface area contributed by atoms with E-state index in [2.05, 4.69) is 5.32 Å². The number of amides is 1. The summed E-state index contributed by atoms with van der Waals surface area (Å²) in [7, 11) is 1.58. The molecule has 0 spiro atoms. The van der Waals surface area contributed by atoms with E-state index in [-0.39, 0.29) is 35.3 Å². The maximum absolute atomic E-state index is 12.7. The lowest BCUT2D eigenvalue weighted by Gasteiger charge is -2.06. The highest BCUT2D eigenvalue weighted by atomic mass is 32.1. The van der Waals surface area contributed by atoms with Crippen molar-refractivity contribution in [2.45, 2.75) is 27.4 Å². The SMILES string of the molecule is CCOC(=O)c1c(NC(=O)c2ccc(COc3ccc(OC)cc3)o2)sc(C(C)=O)c1C. The van der Waals surface area contributed by atoms with Gasteiger partial charge >= 0.3 is 5.97 Å². The van der Waals surface area contributed by atoms with E-state index >= 15 is 0 Å². The molecule has 168 valence electrons. The molecule has 1 N–H and O–H groups in total. The summed E-state index contributed by atoms with van der Waals surface area (Å²) in [4.78, 5) is 37.4. The number of carbonyl (C=O) groups excluding carboxylic acids is 3. The summed E-state index contributed by atoms with van der Waals surface area (Å²) in [6.07, 6.45) is 0. The van der Waals surface area contributed by atoms with Gasteiger partial charge in [0.25, 0.3) is 5.91 Å². The van der Waals surface area contributed by atoms with Crippen molar-refractivity contribution >= 4 is 34.0 Å². The molecular weight excluding hydrogens is 434 g/mol. The smallest absolute Gasteiger partial charge is 0.341 e. The Morgan fingerprint density at radius 2 is 1.75 bits per heavy atom. The van der Waals surface area contributed by atoms with E-state index in [1.54, 1.807) is 51.3 Å². The number of thiophene rings is 1. The van der Waals surface area contributed by atoms with Crippen LogP contribution in [0.25, 0.3) is 0 Å². The molecule has 0 unspecified atom stereocenters. The number of furan rings is 1. The summed E-state index contributed by atoms with van der Waals surface area (Å²) >= 11 is 1.03. The van der Waals surface area contributed by atoms with Crippen LogP contribution in [0.5, 0.6) is 11.5 Å². The van der Waals surface area contributed by atoms with E-state index < -0.39 is 11.9 Å². The van der Waals surface area contributed by atoms with Crippen LogP contribution >= 0.6 is 11.3 Å². The van der Waals surface area contributed by atoms with Crippen molar-refractivity contribution in [2.24, 2.45) is 0 Å². The van der Waals surface area contributed by atoms with Gasteiger partial charge in [0.2, 0.25) is 0 Å². The molecule has 0 radical (unpaired) electrons. The number of nitrogens with one attached hydrogen (secondary N) is 1. The van der Waals surface area contributed by atoms with Crippen LogP contribution in [0.3, 0.4) is 0 Å². The van der Waals surface area contributed by atoms with Gasteiger partial charge in [0.05, 0.1) is 24.2 Å². The van der Waals surface area contributed by atoms with E-state index in [1.165, 1.54) is 13.0 Å². The first kappa shape index (κ1) is 23.1. The van der Waals surface area contributed by atoms with Gasteiger partial charge in [-0.05, 0) is 62.7 Å². The largest absolute Gasteiger partial charge is 0.497 e. The fourth-order valence-corrected chi connectivity index (χ4v) is 4.04. The van der Waals surface area contributed by atoms with E-state index in [9.17, 15) is 14.4 Å². The van der Waals surface area contributed by atoms with Crippen LogP contribution in [0, 0.1) is 6.92 Å². The number of ether oxygens (including phenoxy) is 3. The fraction of sp³-hybridized carbons (Fsp3) is 0.261. The van der Waals surface area contributed by atoms with Crippen molar-refractivity contribution in [1.29, 1.82) is 0 Å². The zero-order valence-corrected chi connectivity index (χ0v) is 19.0. The van der Waals surface area contributed by atoms with Crippen molar-refractivity contribution < 1.29 is 33.0 Å². The first-order valence-corrected chi connectivity index (χ1v) is 10.6. The molecule has 0 saturated carbocycles. The van der Waals surface area contributed by atoms with Crippen LogP contribution in [0.15, 0.2) is 40.8 Å². The summed E-state index contributed by atoms with van der Waals surface area (Å²) in [6.45, 7) is 5.03. The minimum Gasteiger partial charge on any atom is -0.497 e. The van der Waals surface area contributed by atoms with Crippen LogP contribution in [0.4, 0.5) is 5.00 Å². The van der Waals surface area contributed by atoms with Crippen molar-refractivity contribution in [3.05, 3.63) is 63.9 Å². The topological polar surface area (TPSA) is 104 Å². The molecule has 0 aliphatic carbocycles. The second kappa shape index (κ2) is 10.1. The number of Topliss-reactive ketones (excluding diaryl/α,β-unsaturated/α-hetero) is 1. The predicted molar refractivity (Wildman–Crippen MR) is 119 cm³/mol. The Labute approximate surface area is 189 Å². The average molecular weight is 458 g/mol. The van der Waals surface area contributed by atoms with Gasteiger partial charge in [0.1, 0.15) is 28.9 Å². The maximum Gasteiger partial charge on any atom is 0.341 e. The molecule has 3 rings (SSSR count). The summed E-state index contributed by atoms with van der Waals surface area (Å²) in [5, 5.41) is 2.90. The molecule has 0 aliphatic rings. The second-order valence-corrected chi connectivity index (χ2v) is 7.74. The number of rotatable bonds is 9. The Kier molecular flexibility index (Phi) is 7.32. The highest BCUT2D eigenvalue weighted by Crippen LogP contribution is 2.34. The molecule has 2 heterocycles. The van der Waals surface area contributed by atoms with Crippen LogP contribution in [0.1, 0.15) is 55.8 Å². The predicted octanol–water partition coefficient (Wildman–Crippen LogP) is 4.87. The van der Waals surface area contributed by atoms with Gasteiger partial charge in [0.15, 0.2) is 11.5 Å². The average Bonchev–Trinajstić information content (AvgIpc) is 3.37. The zero-order chi connectivity index (χ0) is 23.3. The summed E-state index contributed by atoms with van der Waals surface area (Å²) in [5.41, 5.74) is 0.647. The lowest BCUT2D eigenvalue weighted by molar-refractivity contribution is 0.0527. The molecule has 9 heteroatoms. The molecule has 3 aromatic rings. The van der Waals surface area contributed by atoms with Crippen LogP contribution in [0.2, 0.25) is 0 Å². The van der Waals surface area contributed by atoms with E-state index in [4.69, 9.17) is 18.6 Å². The minimum absolute atomic E-state index is 0.0450. The highest BCUT2D eigenvalue weighted by Gasteiger charge is 2.26. The molecule has 32 heavy (non-hydrogen) atoms. The van der Waals surface area contributed by atoms with E-state index in [0.717, 1.165) is 11.3 Å². The zero-order valence-electron chi connectivity index (χ0n) is 18.1. The molecule has 0 bridgehead atoms. The number of carbonyl (C=O) groups is 3. The van der Waals surface area contributed by atoms with Gasteiger partial charge in [-0.3, -0.25) is 9.59 Å². The summed E-state index contributed by atoms with van der Waals surface area (Å²) < 4.78 is 21.4. The third-order valence-corrected chi connectivity index (χ3v) is 5.81. The molecule has 0 aliphatic heterocycles. The van der Waals surface area contributed by atoms with Gasteiger partial charge in [-0.2, -0.15) is 0 Å². The third-order valence-electron chi connectivity index (χ3n) is 4.50. The van der Waals surface area contributed by atoms with Crippen molar-refractivity contribution in [3.8, 4) is 11.5 Å². The van der Waals surface area contributed by atoms with E-state index in [1.807, 2.05) is 0 Å². The number of methoxy groups -OCH3 is 1. The molecular formula is C23H23NO7S. The Morgan fingerprint density at radius 3 is 2.38 bits per heavy atom. The lowest BCUT2D eigenvalue weighted by Crippen LogP contribution is -2.14. The number of hydrogen-bond donors (Lipinski definition) is 1. The first-order chi connectivity index (χ1) is 15.3. The molecule has 0 fully saturated rings. The Balaban J connectivity index is 1.72. The lowest BCUT2D eigenvalue weighted by atomic mass is 10.1. The van der Waals surface area contributed by atoms with Crippen LogP contribution in [-0.2, 0) is 11.3 Å². The molecule has 0 saturated heterocycles. The molecule has 1 aromatic carbocycles. The highest BCUT2D eigenvalue weighted by molar-refractivity contribution is 7.18. The number of ketones is 1. The normalized spacial score (nSPS) is 10.5. The monoisotopic (exact) mass is 457 g/mol.